The first-order chi connectivity index (χ1) is 18.1. The molecule has 3 heterocycles. The minimum Gasteiger partial charge on any atom is -0.496 e. The number of fused-ring (bicyclic) bond motifs is 3. The van der Waals surface area contributed by atoms with Crippen LogP contribution in [-0.2, 0) is 17.8 Å². The van der Waals surface area contributed by atoms with Crippen molar-refractivity contribution in [3.8, 4) is 5.75 Å². The van der Waals surface area contributed by atoms with Crippen LogP contribution in [0.2, 0.25) is 0 Å². The summed E-state index contributed by atoms with van der Waals surface area (Å²) in [6, 6.07) is 14.8. The molecule has 0 radical (unpaired) electrons. The van der Waals surface area contributed by atoms with Crippen molar-refractivity contribution >= 4 is 33.7 Å². The van der Waals surface area contributed by atoms with E-state index in [1.165, 1.54) is 5.56 Å². The number of aromatic nitrogens is 3. The Bertz CT molecular complexity index is 1370. The van der Waals surface area contributed by atoms with Gasteiger partial charge >= 0.3 is 0 Å². The van der Waals surface area contributed by atoms with Crippen molar-refractivity contribution < 1.29 is 14.6 Å². The number of rotatable bonds is 11. The molecule has 9 nitrogen and oxygen atoms in total. The molecule has 37 heavy (non-hydrogen) atoms. The van der Waals surface area contributed by atoms with Gasteiger partial charge in [-0.1, -0.05) is 37.6 Å². The fourth-order valence-electron chi connectivity index (χ4n) is 5.15. The Morgan fingerprint density at radius 2 is 2.11 bits per heavy atom. The lowest BCUT2D eigenvalue weighted by molar-refractivity contribution is 0.190. The van der Waals surface area contributed by atoms with Gasteiger partial charge < -0.3 is 35.5 Å². The number of para-hydroxylation sites is 1. The number of hydrogen-bond acceptors (Lipinski definition) is 8. The number of benzene rings is 2. The topological polar surface area (TPSA) is 119 Å². The molecular weight excluding hydrogens is 468 g/mol. The highest BCUT2D eigenvalue weighted by atomic mass is 16.5. The summed E-state index contributed by atoms with van der Waals surface area (Å²) < 4.78 is 13.5. The molecule has 4 aromatic rings. The molecule has 1 fully saturated rings. The van der Waals surface area contributed by atoms with Crippen LogP contribution in [0.25, 0.3) is 21.9 Å². The highest BCUT2D eigenvalue weighted by molar-refractivity contribution is 6.09. The summed E-state index contributed by atoms with van der Waals surface area (Å²) >= 11 is 0. The van der Waals surface area contributed by atoms with Crippen molar-refractivity contribution in [3.63, 3.8) is 0 Å². The van der Waals surface area contributed by atoms with Gasteiger partial charge in [0.25, 0.3) is 0 Å². The Kier molecular flexibility index (Phi) is 7.73. The van der Waals surface area contributed by atoms with E-state index in [0.29, 0.717) is 18.4 Å². The van der Waals surface area contributed by atoms with Crippen LogP contribution in [0, 0.1) is 0 Å². The molecule has 0 unspecified atom stereocenters. The average molecular weight is 505 g/mol. The monoisotopic (exact) mass is 504 g/mol. The molecule has 0 spiro atoms. The summed E-state index contributed by atoms with van der Waals surface area (Å²) in [6.45, 7) is 5.01. The number of nitrogens with one attached hydrogen (secondary N) is 2. The molecule has 2 aromatic heterocycles. The van der Waals surface area contributed by atoms with E-state index >= 15 is 0 Å². The lowest BCUT2D eigenvalue weighted by Gasteiger charge is -2.19. The number of nitrogen functional groups attached to an aromatic ring is 1. The quantitative estimate of drug-likeness (QED) is 0.244. The second kappa shape index (κ2) is 11.3. The third-order valence-electron chi connectivity index (χ3n) is 7.02. The van der Waals surface area contributed by atoms with Gasteiger partial charge in [-0.15, -0.1) is 0 Å². The summed E-state index contributed by atoms with van der Waals surface area (Å²) in [5.74, 6) is 1.65. The molecule has 196 valence electrons. The zero-order chi connectivity index (χ0) is 25.8. The Balaban J connectivity index is 1.58. The predicted octanol–water partition coefficient (Wildman–Crippen LogP) is 3.68. The first kappa shape index (κ1) is 25.3. The maximum Gasteiger partial charge on any atom is 0.222 e. The number of hydrogen-bond donors (Lipinski definition) is 4. The van der Waals surface area contributed by atoms with E-state index < -0.39 is 0 Å². The highest BCUT2D eigenvalue weighted by Crippen LogP contribution is 2.34. The van der Waals surface area contributed by atoms with Crippen LogP contribution < -0.4 is 21.1 Å². The molecule has 2 aromatic carbocycles. The number of aliphatic hydroxyl groups excluding tert-OH is 1. The molecule has 0 aliphatic carbocycles. The van der Waals surface area contributed by atoms with Crippen molar-refractivity contribution in [2.75, 3.05) is 38.0 Å². The molecule has 1 aliphatic heterocycles. The van der Waals surface area contributed by atoms with Crippen molar-refractivity contribution in [2.24, 2.45) is 0 Å². The summed E-state index contributed by atoms with van der Waals surface area (Å²) in [6.07, 6.45) is 2.79. The second-order valence-corrected chi connectivity index (χ2v) is 9.63. The summed E-state index contributed by atoms with van der Waals surface area (Å²) in [4.78, 5) is 9.20. The maximum absolute atomic E-state index is 9.96. The molecule has 9 heteroatoms. The first-order valence-corrected chi connectivity index (χ1v) is 13.0. The van der Waals surface area contributed by atoms with E-state index in [4.69, 9.17) is 15.2 Å². The fraction of sp³-hybridized carbons (Fsp3) is 0.429. The maximum atomic E-state index is 9.96. The lowest BCUT2D eigenvalue weighted by Crippen LogP contribution is -2.28. The van der Waals surface area contributed by atoms with E-state index in [0.717, 1.165) is 72.3 Å². The van der Waals surface area contributed by atoms with Crippen molar-refractivity contribution in [2.45, 2.75) is 51.4 Å². The Morgan fingerprint density at radius 3 is 2.86 bits per heavy atom. The zero-order valence-corrected chi connectivity index (χ0v) is 21.5. The number of aliphatic hydroxyl groups is 1. The van der Waals surface area contributed by atoms with Crippen LogP contribution in [0.1, 0.15) is 37.3 Å². The van der Waals surface area contributed by atoms with Gasteiger partial charge in [-0.3, -0.25) is 0 Å². The average Bonchev–Trinajstić information content (AvgIpc) is 3.54. The van der Waals surface area contributed by atoms with Gasteiger partial charge in [-0.25, -0.2) is 4.98 Å². The second-order valence-electron chi connectivity index (χ2n) is 9.63. The van der Waals surface area contributed by atoms with E-state index in [1.54, 1.807) is 7.11 Å². The van der Waals surface area contributed by atoms with Crippen LogP contribution in [0.4, 0.5) is 11.8 Å². The molecule has 5 N–H and O–H groups in total. The van der Waals surface area contributed by atoms with Crippen LogP contribution in [0.5, 0.6) is 5.75 Å². The minimum absolute atomic E-state index is 0.00831. The Hall–Kier alpha value is -3.40. The van der Waals surface area contributed by atoms with E-state index in [-0.39, 0.29) is 18.6 Å². The Morgan fingerprint density at radius 1 is 1.24 bits per heavy atom. The molecule has 0 saturated carbocycles. The summed E-state index contributed by atoms with van der Waals surface area (Å²) in [5, 5.41) is 18.0. The van der Waals surface area contributed by atoms with Gasteiger partial charge in [0.2, 0.25) is 5.95 Å². The number of methoxy groups -OCH3 is 1. The molecule has 1 aliphatic rings. The molecule has 5 rings (SSSR count). The highest BCUT2D eigenvalue weighted by Gasteiger charge is 2.21. The third-order valence-corrected chi connectivity index (χ3v) is 7.02. The Labute approximate surface area is 217 Å². The molecule has 1 saturated heterocycles. The lowest BCUT2D eigenvalue weighted by atomic mass is 10.1. The number of nitrogens with two attached hydrogens (primary N) is 1. The molecule has 0 bridgehead atoms. The standard InChI is InChI=1S/C28H36N6O3/c1-3-6-20(16-35)31-27-26-25(32-28(29)33-27)22-7-4-5-8-23(22)34(26)15-19-13-18(9-10-24(19)36-2)14-30-21-11-12-37-17-21/h4-5,7-10,13,20-21,30,35H,3,6,11-12,14-17H2,1-2H3,(H3,29,31,32,33)/t20-,21-/m0/s1. The van der Waals surface area contributed by atoms with Gasteiger partial charge in [-0.2, -0.15) is 4.98 Å². The van der Waals surface area contributed by atoms with Crippen LogP contribution >= 0.6 is 0 Å². The van der Waals surface area contributed by atoms with Crippen molar-refractivity contribution in [1.82, 2.24) is 19.9 Å². The van der Waals surface area contributed by atoms with Gasteiger partial charge in [0.05, 0.1) is 38.4 Å². The zero-order valence-electron chi connectivity index (χ0n) is 21.5. The van der Waals surface area contributed by atoms with E-state index in [9.17, 15) is 5.11 Å². The number of anilines is 2. The van der Waals surface area contributed by atoms with E-state index in [2.05, 4.69) is 56.4 Å². The van der Waals surface area contributed by atoms with Crippen LogP contribution in [0.15, 0.2) is 42.5 Å². The summed E-state index contributed by atoms with van der Waals surface area (Å²) in [5.41, 5.74) is 11.1. The van der Waals surface area contributed by atoms with Crippen molar-refractivity contribution in [3.05, 3.63) is 53.6 Å². The summed E-state index contributed by atoms with van der Waals surface area (Å²) in [7, 11) is 1.70. The van der Waals surface area contributed by atoms with Gasteiger partial charge in [0.15, 0.2) is 5.82 Å². The smallest absolute Gasteiger partial charge is 0.222 e. The van der Waals surface area contributed by atoms with Crippen LogP contribution in [0.3, 0.4) is 0 Å². The normalized spacial score (nSPS) is 16.5. The van der Waals surface area contributed by atoms with Gasteiger partial charge in [0, 0.05) is 30.1 Å². The first-order valence-electron chi connectivity index (χ1n) is 13.0. The number of ether oxygens (including phenoxy) is 2. The largest absolute Gasteiger partial charge is 0.496 e. The SMILES string of the molecule is CCC[C@@H](CO)Nc1nc(N)nc2c3ccccc3n(Cc3cc(CN[C@H]4CCOC4)ccc3OC)c12. The molecule has 2 atom stereocenters. The van der Waals surface area contributed by atoms with Crippen molar-refractivity contribution in [1.29, 1.82) is 0 Å². The fourth-order valence-corrected chi connectivity index (χ4v) is 5.15. The predicted molar refractivity (Wildman–Crippen MR) is 147 cm³/mol. The van der Waals surface area contributed by atoms with E-state index in [1.807, 2.05) is 18.2 Å². The minimum atomic E-state index is -0.127. The third kappa shape index (κ3) is 5.34. The van der Waals surface area contributed by atoms with Gasteiger partial charge in [0.1, 0.15) is 16.8 Å². The van der Waals surface area contributed by atoms with Gasteiger partial charge in [-0.05, 0) is 36.6 Å². The molecular formula is C28H36N6O3. The number of nitrogens with zero attached hydrogens (tertiary/aromatic N) is 3. The molecule has 0 amide bonds. The van der Waals surface area contributed by atoms with Crippen LogP contribution in [-0.4, -0.2) is 58.7 Å².